The van der Waals surface area contributed by atoms with Gasteiger partial charge in [-0.1, -0.05) is 18.5 Å². The SMILES string of the molecule is CCC(NN)c1cc(Cl)ccc1I. The zero-order valence-electron chi connectivity index (χ0n) is 7.35. The Balaban J connectivity index is 3.03. The van der Waals surface area contributed by atoms with Crippen LogP contribution in [0.4, 0.5) is 0 Å². The molecule has 4 heteroatoms. The Morgan fingerprint density at radius 3 is 2.85 bits per heavy atom. The first-order valence-electron chi connectivity index (χ1n) is 4.10. The van der Waals surface area contributed by atoms with Crippen molar-refractivity contribution in [1.82, 2.24) is 5.43 Å². The molecule has 0 amide bonds. The molecule has 1 aromatic carbocycles. The van der Waals surface area contributed by atoms with Crippen LogP contribution in [-0.2, 0) is 0 Å². The van der Waals surface area contributed by atoms with Gasteiger partial charge in [0.25, 0.3) is 0 Å². The molecule has 1 rings (SSSR count). The Morgan fingerprint density at radius 2 is 2.31 bits per heavy atom. The Labute approximate surface area is 97.0 Å². The van der Waals surface area contributed by atoms with Crippen molar-refractivity contribution in [3.05, 3.63) is 32.4 Å². The van der Waals surface area contributed by atoms with Gasteiger partial charge in [-0.2, -0.15) is 0 Å². The molecule has 0 fully saturated rings. The third-order valence-corrected chi connectivity index (χ3v) is 3.16. The standard InChI is InChI=1S/C9H12ClIN2/c1-2-9(13-12)7-5-6(10)3-4-8(7)11/h3-5,9,13H,2,12H2,1H3. The quantitative estimate of drug-likeness (QED) is 0.512. The van der Waals surface area contributed by atoms with Gasteiger partial charge in [0.15, 0.2) is 0 Å². The van der Waals surface area contributed by atoms with Crippen LogP contribution in [0.5, 0.6) is 0 Å². The highest BCUT2D eigenvalue weighted by molar-refractivity contribution is 14.1. The van der Waals surface area contributed by atoms with Crippen LogP contribution in [0.1, 0.15) is 24.9 Å². The van der Waals surface area contributed by atoms with Crippen molar-refractivity contribution in [3.8, 4) is 0 Å². The van der Waals surface area contributed by atoms with Crippen LogP contribution in [0.2, 0.25) is 5.02 Å². The number of halogens is 2. The molecule has 0 spiro atoms. The van der Waals surface area contributed by atoms with E-state index in [1.165, 1.54) is 3.57 Å². The van der Waals surface area contributed by atoms with Gasteiger partial charge in [0.05, 0.1) is 0 Å². The third kappa shape index (κ3) is 2.80. The van der Waals surface area contributed by atoms with Gasteiger partial charge >= 0.3 is 0 Å². The highest BCUT2D eigenvalue weighted by Crippen LogP contribution is 2.25. The number of hydrazine groups is 1. The molecule has 0 aliphatic heterocycles. The Hall–Kier alpha value is 0.160. The lowest BCUT2D eigenvalue weighted by molar-refractivity contribution is 0.537. The van der Waals surface area contributed by atoms with Crippen molar-refractivity contribution >= 4 is 34.2 Å². The van der Waals surface area contributed by atoms with E-state index in [1.807, 2.05) is 18.2 Å². The fourth-order valence-electron chi connectivity index (χ4n) is 1.21. The number of benzene rings is 1. The smallest absolute Gasteiger partial charge is 0.0468 e. The minimum atomic E-state index is 0.186. The number of nitrogens with one attached hydrogen (secondary N) is 1. The molecule has 0 heterocycles. The molecule has 2 nitrogen and oxygen atoms in total. The van der Waals surface area contributed by atoms with E-state index in [4.69, 9.17) is 17.4 Å². The van der Waals surface area contributed by atoms with E-state index in [0.29, 0.717) is 0 Å². The minimum Gasteiger partial charge on any atom is -0.271 e. The monoisotopic (exact) mass is 310 g/mol. The third-order valence-electron chi connectivity index (χ3n) is 1.94. The largest absolute Gasteiger partial charge is 0.271 e. The van der Waals surface area contributed by atoms with Gasteiger partial charge < -0.3 is 0 Å². The number of hydrogen-bond acceptors (Lipinski definition) is 2. The van der Waals surface area contributed by atoms with E-state index in [9.17, 15) is 0 Å². The summed E-state index contributed by atoms with van der Waals surface area (Å²) in [5, 5.41) is 0.754. The van der Waals surface area contributed by atoms with Gasteiger partial charge in [-0.3, -0.25) is 11.3 Å². The van der Waals surface area contributed by atoms with Crippen molar-refractivity contribution in [3.63, 3.8) is 0 Å². The molecule has 1 aromatic rings. The van der Waals surface area contributed by atoms with Gasteiger partial charge in [0, 0.05) is 14.6 Å². The molecule has 0 saturated carbocycles. The molecule has 1 unspecified atom stereocenters. The van der Waals surface area contributed by atoms with Crippen molar-refractivity contribution in [2.45, 2.75) is 19.4 Å². The molecule has 3 N–H and O–H groups in total. The number of nitrogens with two attached hydrogens (primary N) is 1. The fourth-order valence-corrected chi connectivity index (χ4v) is 2.10. The average molecular weight is 311 g/mol. The summed E-state index contributed by atoms with van der Waals surface area (Å²) in [6.45, 7) is 2.08. The second-order valence-corrected chi connectivity index (χ2v) is 4.39. The first kappa shape index (κ1) is 11.2. The second-order valence-electron chi connectivity index (χ2n) is 2.79. The van der Waals surface area contributed by atoms with Crippen molar-refractivity contribution < 1.29 is 0 Å². The average Bonchev–Trinajstić information content (AvgIpc) is 2.13. The van der Waals surface area contributed by atoms with Gasteiger partial charge in [-0.15, -0.1) is 0 Å². The molecule has 0 radical (unpaired) electrons. The Kier molecular flexibility index (Phi) is 4.45. The molecular weight excluding hydrogens is 298 g/mol. The summed E-state index contributed by atoms with van der Waals surface area (Å²) in [6, 6.07) is 6.02. The van der Waals surface area contributed by atoms with Crippen molar-refractivity contribution in [1.29, 1.82) is 0 Å². The zero-order chi connectivity index (χ0) is 9.84. The van der Waals surface area contributed by atoms with E-state index in [-0.39, 0.29) is 6.04 Å². The van der Waals surface area contributed by atoms with Crippen LogP contribution in [0, 0.1) is 3.57 Å². The maximum absolute atomic E-state index is 5.90. The van der Waals surface area contributed by atoms with Crippen LogP contribution in [0.25, 0.3) is 0 Å². The van der Waals surface area contributed by atoms with E-state index in [1.54, 1.807) is 0 Å². The first-order valence-corrected chi connectivity index (χ1v) is 5.55. The van der Waals surface area contributed by atoms with E-state index < -0.39 is 0 Å². The molecular formula is C9H12ClIN2. The van der Waals surface area contributed by atoms with Crippen LogP contribution < -0.4 is 11.3 Å². The highest BCUT2D eigenvalue weighted by Gasteiger charge is 2.10. The van der Waals surface area contributed by atoms with E-state index in [2.05, 4.69) is 34.9 Å². The molecule has 72 valence electrons. The highest BCUT2D eigenvalue weighted by atomic mass is 127. The second kappa shape index (κ2) is 5.14. The van der Waals surface area contributed by atoms with Crippen molar-refractivity contribution in [2.24, 2.45) is 5.84 Å². The minimum absolute atomic E-state index is 0.186. The molecule has 0 aliphatic rings. The maximum atomic E-state index is 5.90. The van der Waals surface area contributed by atoms with E-state index >= 15 is 0 Å². The van der Waals surface area contributed by atoms with Crippen LogP contribution in [-0.4, -0.2) is 0 Å². The van der Waals surface area contributed by atoms with Crippen LogP contribution >= 0.6 is 34.2 Å². The summed E-state index contributed by atoms with van der Waals surface area (Å²) in [6.07, 6.45) is 0.951. The molecule has 1 atom stereocenters. The summed E-state index contributed by atoms with van der Waals surface area (Å²) < 4.78 is 1.19. The van der Waals surface area contributed by atoms with E-state index in [0.717, 1.165) is 17.0 Å². The lowest BCUT2D eigenvalue weighted by atomic mass is 10.1. The van der Waals surface area contributed by atoms with Crippen molar-refractivity contribution in [2.75, 3.05) is 0 Å². The predicted molar refractivity (Wildman–Crippen MR) is 64.5 cm³/mol. The summed E-state index contributed by atoms with van der Waals surface area (Å²) in [7, 11) is 0. The Morgan fingerprint density at radius 1 is 1.62 bits per heavy atom. The summed E-state index contributed by atoms with van der Waals surface area (Å²) in [5.74, 6) is 5.44. The number of rotatable bonds is 3. The summed E-state index contributed by atoms with van der Waals surface area (Å²) in [4.78, 5) is 0. The maximum Gasteiger partial charge on any atom is 0.0468 e. The fraction of sp³-hybridized carbons (Fsp3) is 0.333. The zero-order valence-corrected chi connectivity index (χ0v) is 10.3. The lowest BCUT2D eigenvalue weighted by Gasteiger charge is -2.15. The normalized spacial score (nSPS) is 12.9. The Bertz CT molecular complexity index is 287. The van der Waals surface area contributed by atoms with Gasteiger partial charge in [-0.05, 0) is 52.8 Å². The molecule has 0 aromatic heterocycles. The predicted octanol–water partition coefficient (Wildman–Crippen LogP) is 2.86. The van der Waals surface area contributed by atoms with Gasteiger partial charge in [0.2, 0.25) is 0 Å². The topological polar surface area (TPSA) is 38.0 Å². The lowest BCUT2D eigenvalue weighted by Crippen LogP contribution is -2.28. The molecule has 0 bridgehead atoms. The van der Waals surface area contributed by atoms with Gasteiger partial charge in [0.1, 0.15) is 0 Å². The first-order chi connectivity index (χ1) is 6.19. The van der Waals surface area contributed by atoms with Gasteiger partial charge in [-0.25, -0.2) is 0 Å². The molecule has 0 aliphatic carbocycles. The summed E-state index contributed by atoms with van der Waals surface area (Å²) in [5.41, 5.74) is 3.94. The molecule has 13 heavy (non-hydrogen) atoms. The van der Waals surface area contributed by atoms with Crippen LogP contribution in [0.3, 0.4) is 0 Å². The molecule has 0 saturated heterocycles. The summed E-state index contributed by atoms with van der Waals surface area (Å²) >= 11 is 8.19. The van der Waals surface area contributed by atoms with Crippen LogP contribution in [0.15, 0.2) is 18.2 Å². The number of hydrogen-bond donors (Lipinski definition) is 2.